The summed E-state index contributed by atoms with van der Waals surface area (Å²) in [7, 11) is 0. The van der Waals surface area contributed by atoms with Gasteiger partial charge in [-0.3, -0.25) is 9.59 Å². The second-order valence-electron chi connectivity index (χ2n) is 6.20. The number of carbonyl (C=O) groups is 2. The molecule has 0 aromatic heterocycles. The van der Waals surface area contributed by atoms with E-state index in [1.54, 1.807) is 13.8 Å². The van der Waals surface area contributed by atoms with Gasteiger partial charge < -0.3 is 16.2 Å². The van der Waals surface area contributed by atoms with Gasteiger partial charge in [-0.25, -0.2) is 0 Å². The Bertz CT molecular complexity index is 376. The average Bonchev–Trinajstić information content (AvgIpc) is 3.06. The number of nitrogens with two attached hydrogens (primary N) is 1. The van der Waals surface area contributed by atoms with Crippen molar-refractivity contribution in [3.63, 3.8) is 0 Å². The fourth-order valence-electron chi connectivity index (χ4n) is 2.84. The number of rotatable bonds is 4. The van der Waals surface area contributed by atoms with Crippen LogP contribution < -0.4 is 11.1 Å². The minimum absolute atomic E-state index is 0.204. The molecule has 2 rings (SSSR count). The molecule has 2 aliphatic rings. The van der Waals surface area contributed by atoms with Crippen molar-refractivity contribution in [2.24, 2.45) is 17.1 Å². The van der Waals surface area contributed by atoms with Gasteiger partial charge in [0.1, 0.15) is 0 Å². The van der Waals surface area contributed by atoms with Crippen LogP contribution in [0.4, 0.5) is 0 Å². The van der Waals surface area contributed by atoms with Gasteiger partial charge in [0.05, 0.1) is 11.0 Å². The second-order valence-corrected chi connectivity index (χ2v) is 6.20. The monoisotopic (exact) mass is 254 g/mol. The van der Waals surface area contributed by atoms with Crippen molar-refractivity contribution in [2.45, 2.75) is 57.5 Å². The highest BCUT2D eigenvalue weighted by molar-refractivity contribution is 5.87. The van der Waals surface area contributed by atoms with Crippen molar-refractivity contribution in [2.75, 3.05) is 0 Å². The van der Waals surface area contributed by atoms with E-state index in [9.17, 15) is 14.7 Å². The summed E-state index contributed by atoms with van der Waals surface area (Å²) in [5, 5.41) is 12.2. The van der Waals surface area contributed by atoms with E-state index in [2.05, 4.69) is 5.32 Å². The molecule has 102 valence electrons. The first kappa shape index (κ1) is 13.3. The van der Waals surface area contributed by atoms with Crippen LogP contribution in [0.2, 0.25) is 0 Å². The predicted molar refractivity (Wildman–Crippen MR) is 66.8 cm³/mol. The van der Waals surface area contributed by atoms with Gasteiger partial charge in [0.2, 0.25) is 5.91 Å². The highest BCUT2D eigenvalue weighted by atomic mass is 16.4. The fourth-order valence-corrected chi connectivity index (χ4v) is 2.84. The molecular weight excluding hydrogens is 232 g/mol. The van der Waals surface area contributed by atoms with Gasteiger partial charge in [0.15, 0.2) is 0 Å². The highest BCUT2D eigenvalue weighted by Crippen LogP contribution is 2.41. The summed E-state index contributed by atoms with van der Waals surface area (Å²) in [6.07, 6.45) is 4.13. The molecule has 2 aliphatic carbocycles. The van der Waals surface area contributed by atoms with Crippen LogP contribution in [0, 0.1) is 11.3 Å². The molecule has 5 heteroatoms. The summed E-state index contributed by atoms with van der Waals surface area (Å²) in [5.41, 5.74) is 4.34. The number of nitrogens with one attached hydrogen (secondary N) is 1. The van der Waals surface area contributed by atoms with Crippen LogP contribution in [-0.4, -0.2) is 28.6 Å². The van der Waals surface area contributed by atoms with Crippen molar-refractivity contribution in [3.8, 4) is 0 Å². The number of carboxylic acid groups (broad SMARTS) is 1. The SMILES string of the molecule is CC(N)(C(=O)NC1CCCC1(C)C(=O)O)C1CC1. The first-order valence-corrected chi connectivity index (χ1v) is 6.61. The molecule has 18 heavy (non-hydrogen) atoms. The molecule has 0 aromatic rings. The van der Waals surface area contributed by atoms with Crippen molar-refractivity contribution in [3.05, 3.63) is 0 Å². The average molecular weight is 254 g/mol. The van der Waals surface area contributed by atoms with Crippen LogP contribution in [0.5, 0.6) is 0 Å². The van der Waals surface area contributed by atoms with E-state index < -0.39 is 16.9 Å². The lowest BCUT2D eigenvalue weighted by molar-refractivity contribution is -0.149. The van der Waals surface area contributed by atoms with Crippen LogP contribution in [0.3, 0.4) is 0 Å². The Morgan fingerprint density at radius 3 is 2.50 bits per heavy atom. The smallest absolute Gasteiger partial charge is 0.311 e. The molecule has 0 bridgehead atoms. The molecule has 0 radical (unpaired) electrons. The van der Waals surface area contributed by atoms with E-state index in [0.717, 1.165) is 25.7 Å². The standard InChI is InChI=1S/C13H22N2O3/c1-12(11(17)18)7-3-4-9(12)15-10(16)13(2,14)8-5-6-8/h8-9H,3-7,14H2,1-2H3,(H,15,16)(H,17,18). The molecule has 0 saturated heterocycles. The van der Waals surface area contributed by atoms with Gasteiger partial charge in [-0.1, -0.05) is 6.42 Å². The Labute approximate surface area is 107 Å². The zero-order valence-corrected chi connectivity index (χ0v) is 11.0. The molecular formula is C13H22N2O3. The van der Waals surface area contributed by atoms with Gasteiger partial charge in [0.25, 0.3) is 0 Å². The number of carboxylic acids is 1. The maximum atomic E-state index is 12.2. The van der Waals surface area contributed by atoms with E-state index in [1.165, 1.54) is 0 Å². The van der Waals surface area contributed by atoms with E-state index in [1.807, 2.05) is 0 Å². The molecule has 3 atom stereocenters. The summed E-state index contributed by atoms with van der Waals surface area (Å²) in [4.78, 5) is 23.5. The lowest BCUT2D eigenvalue weighted by Gasteiger charge is -2.31. The van der Waals surface area contributed by atoms with Crippen LogP contribution >= 0.6 is 0 Å². The predicted octanol–water partition coefficient (Wildman–Crippen LogP) is 0.873. The van der Waals surface area contributed by atoms with E-state index in [0.29, 0.717) is 6.42 Å². The number of aliphatic carboxylic acids is 1. The van der Waals surface area contributed by atoms with E-state index in [-0.39, 0.29) is 17.9 Å². The number of carbonyl (C=O) groups excluding carboxylic acids is 1. The molecule has 2 saturated carbocycles. The Balaban J connectivity index is 2.05. The molecule has 0 heterocycles. The molecule has 0 spiro atoms. The van der Waals surface area contributed by atoms with Crippen molar-refractivity contribution >= 4 is 11.9 Å². The van der Waals surface area contributed by atoms with Crippen molar-refractivity contribution in [1.29, 1.82) is 0 Å². The summed E-state index contributed by atoms with van der Waals surface area (Å²) in [6.45, 7) is 3.45. The molecule has 0 aliphatic heterocycles. The lowest BCUT2D eigenvalue weighted by atomic mass is 9.84. The topological polar surface area (TPSA) is 92.4 Å². The van der Waals surface area contributed by atoms with Gasteiger partial charge in [0, 0.05) is 6.04 Å². The first-order valence-electron chi connectivity index (χ1n) is 6.61. The first-order chi connectivity index (χ1) is 8.28. The van der Waals surface area contributed by atoms with Crippen LogP contribution in [0.1, 0.15) is 46.0 Å². The maximum absolute atomic E-state index is 12.2. The van der Waals surface area contributed by atoms with Crippen LogP contribution in [0.15, 0.2) is 0 Å². The highest BCUT2D eigenvalue weighted by Gasteiger charge is 2.49. The summed E-state index contributed by atoms with van der Waals surface area (Å²) in [6, 6.07) is -0.302. The fraction of sp³-hybridized carbons (Fsp3) is 0.846. The molecule has 2 fully saturated rings. The van der Waals surface area contributed by atoms with Gasteiger partial charge in [-0.15, -0.1) is 0 Å². The maximum Gasteiger partial charge on any atom is 0.311 e. The van der Waals surface area contributed by atoms with Crippen LogP contribution in [-0.2, 0) is 9.59 Å². The molecule has 5 nitrogen and oxygen atoms in total. The number of amides is 1. The largest absolute Gasteiger partial charge is 0.481 e. The molecule has 0 aromatic carbocycles. The Morgan fingerprint density at radius 1 is 1.39 bits per heavy atom. The van der Waals surface area contributed by atoms with Gasteiger partial charge in [-0.2, -0.15) is 0 Å². The Hall–Kier alpha value is -1.10. The summed E-state index contributed by atoms with van der Waals surface area (Å²) in [5.74, 6) is -0.796. The van der Waals surface area contributed by atoms with E-state index >= 15 is 0 Å². The third-order valence-corrected chi connectivity index (χ3v) is 4.67. The molecule has 4 N–H and O–H groups in total. The Kier molecular flexibility index (Phi) is 3.13. The zero-order chi connectivity index (χ0) is 13.6. The van der Waals surface area contributed by atoms with Gasteiger partial charge in [-0.05, 0) is 45.4 Å². The van der Waals surface area contributed by atoms with Crippen molar-refractivity contribution in [1.82, 2.24) is 5.32 Å². The molecule has 1 amide bonds. The number of hydrogen-bond acceptors (Lipinski definition) is 3. The molecule has 3 unspecified atom stereocenters. The quantitative estimate of drug-likeness (QED) is 0.694. The number of hydrogen-bond donors (Lipinski definition) is 3. The third-order valence-electron chi connectivity index (χ3n) is 4.67. The van der Waals surface area contributed by atoms with Gasteiger partial charge >= 0.3 is 5.97 Å². The third kappa shape index (κ3) is 2.11. The normalized spacial score (nSPS) is 34.9. The minimum atomic E-state index is -0.859. The zero-order valence-electron chi connectivity index (χ0n) is 11.0. The minimum Gasteiger partial charge on any atom is -0.481 e. The second kappa shape index (κ2) is 4.23. The lowest BCUT2D eigenvalue weighted by Crippen LogP contribution is -2.58. The summed E-state index contributed by atoms with van der Waals surface area (Å²) < 4.78 is 0. The Morgan fingerprint density at radius 2 is 2.00 bits per heavy atom. The van der Waals surface area contributed by atoms with Crippen molar-refractivity contribution < 1.29 is 14.7 Å². The summed E-state index contributed by atoms with van der Waals surface area (Å²) >= 11 is 0. The van der Waals surface area contributed by atoms with E-state index in [4.69, 9.17) is 5.73 Å². The van der Waals surface area contributed by atoms with Crippen LogP contribution in [0.25, 0.3) is 0 Å².